The van der Waals surface area contributed by atoms with Crippen LogP contribution in [0.2, 0.25) is 0 Å². The number of piperazine rings is 1. The van der Waals surface area contributed by atoms with Crippen molar-refractivity contribution in [1.82, 2.24) is 14.8 Å². The lowest BCUT2D eigenvalue weighted by molar-refractivity contribution is 0.103. The average molecular weight is 405 g/mol. The Hall–Kier alpha value is -3.12. The molecule has 0 saturated carbocycles. The van der Waals surface area contributed by atoms with Crippen molar-refractivity contribution in [3.63, 3.8) is 0 Å². The quantitative estimate of drug-likeness (QED) is 0.651. The highest BCUT2D eigenvalue weighted by atomic mass is 16.5. The monoisotopic (exact) mass is 405 g/mol. The van der Waals surface area contributed by atoms with Gasteiger partial charge in [0.2, 0.25) is 5.88 Å². The van der Waals surface area contributed by atoms with Crippen molar-refractivity contribution < 1.29 is 14.6 Å². The molecular formula is C24H27N3O3. The first-order valence-corrected chi connectivity index (χ1v) is 10.4. The minimum absolute atomic E-state index is 0.494. The van der Waals surface area contributed by atoms with Crippen LogP contribution >= 0.6 is 0 Å². The largest absolute Gasteiger partial charge is 0.465 e. The van der Waals surface area contributed by atoms with Crippen molar-refractivity contribution in [2.75, 3.05) is 26.2 Å². The van der Waals surface area contributed by atoms with E-state index in [4.69, 9.17) is 9.84 Å². The Labute approximate surface area is 176 Å². The Morgan fingerprint density at radius 2 is 1.77 bits per heavy atom. The molecule has 30 heavy (non-hydrogen) atoms. The fourth-order valence-electron chi connectivity index (χ4n) is 3.71. The molecule has 1 aliphatic heterocycles. The molecule has 1 aliphatic rings. The highest BCUT2D eigenvalue weighted by Gasteiger charge is 2.20. The lowest BCUT2D eigenvalue weighted by Gasteiger charge is -2.33. The first kappa shape index (κ1) is 20.2. The van der Waals surface area contributed by atoms with Crippen LogP contribution in [0.5, 0.6) is 11.6 Å². The van der Waals surface area contributed by atoms with Crippen molar-refractivity contribution in [3.05, 3.63) is 65.7 Å². The molecule has 3 aromatic rings. The number of hydrogen-bond acceptors (Lipinski definition) is 4. The van der Waals surface area contributed by atoms with Crippen LogP contribution in [0.3, 0.4) is 0 Å². The van der Waals surface area contributed by atoms with Crippen LogP contribution in [0.25, 0.3) is 10.9 Å². The highest BCUT2D eigenvalue weighted by Crippen LogP contribution is 2.25. The molecular weight excluding hydrogens is 378 g/mol. The smallest absolute Gasteiger partial charge is 0.407 e. The Bertz CT molecular complexity index is 1030. The molecule has 2 aromatic carbocycles. The minimum atomic E-state index is -0.833. The number of pyridine rings is 1. The van der Waals surface area contributed by atoms with E-state index < -0.39 is 6.09 Å². The van der Waals surface area contributed by atoms with Crippen LogP contribution < -0.4 is 4.74 Å². The number of fused-ring (bicyclic) bond motifs is 1. The van der Waals surface area contributed by atoms with E-state index >= 15 is 0 Å². The number of amides is 1. The van der Waals surface area contributed by atoms with Gasteiger partial charge in [-0.25, -0.2) is 9.78 Å². The van der Waals surface area contributed by atoms with Gasteiger partial charge in [0.25, 0.3) is 0 Å². The fraction of sp³-hybridized carbons (Fsp3) is 0.333. The van der Waals surface area contributed by atoms with Crippen LogP contribution in [0.1, 0.15) is 30.9 Å². The molecule has 2 heterocycles. The molecule has 0 unspecified atom stereocenters. The summed E-state index contributed by atoms with van der Waals surface area (Å²) < 4.78 is 5.93. The van der Waals surface area contributed by atoms with E-state index in [1.165, 1.54) is 16.0 Å². The zero-order valence-electron chi connectivity index (χ0n) is 17.4. The Balaban J connectivity index is 1.41. The summed E-state index contributed by atoms with van der Waals surface area (Å²) in [6.07, 6.45) is -0.833. The molecule has 1 N–H and O–H groups in total. The molecule has 1 fully saturated rings. The number of hydrogen-bond donors (Lipinski definition) is 1. The predicted molar refractivity (Wildman–Crippen MR) is 117 cm³/mol. The molecule has 4 rings (SSSR count). The van der Waals surface area contributed by atoms with Crippen LogP contribution in [0.15, 0.2) is 54.6 Å². The zero-order valence-corrected chi connectivity index (χ0v) is 17.4. The van der Waals surface area contributed by atoms with E-state index in [1.807, 2.05) is 30.3 Å². The summed E-state index contributed by atoms with van der Waals surface area (Å²) in [4.78, 5) is 19.4. The maximum Gasteiger partial charge on any atom is 0.407 e. The van der Waals surface area contributed by atoms with Crippen molar-refractivity contribution in [2.24, 2.45) is 0 Å². The second-order valence-corrected chi connectivity index (χ2v) is 8.05. The molecule has 1 saturated heterocycles. The Kier molecular flexibility index (Phi) is 5.86. The lowest BCUT2D eigenvalue weighted by Crippen LogP contribution is -2.47. The molecule has 156 valence electrons. The second-order valence-electron chi connectivity index (χ2n) is 8.05. The summed E-state index contributed by atoms with van der Waals surface area (Å²) in [5.74, 6) is 1.86. The molecule has 0 spiro atoms. The molecule has 1 amide bonds. The maximum atomic E-state index is 11.0. The Morgan fingerprint density at radius 3 is 2.43 bits per heavy atom. The van der Waals surface area contributed by atoms with Gasteiger partial charge in [-0.05, 0) is 47.4 Å². The summed E-state index contributed by atoms with van der Waals surface area (Å²) in [7, 11) is 0. The third kappa shape index (κ3) is 4.71. The lowest BCUT2D eigenvalue weighted by atomic mass is 10.0. The summed E-state index contributed by atoms with van der Waals surface area (Å²) in [5, 5.41) is 10.1. The van der Waals surface area contributed by atoms with Crippen molar-refractivity contribution in [1.29, 1.82) is 0 Å². The number of carboxylic acid groups (broad SMARTS) is 1. The Morgan fingerprint density at radius 1 is 1.03 bits per heavy atom. The van der Waals surface area contributed by atoms with Gasteiger partial charge in [0.15, 0.2) is 0 Å². The number of carbonyl (C=O) groups is 1. The van der Waals surface area contributed by atoms with Gasteiger partial charge >= 0.3 is 6.09 Å². The maximum absolute atomic E-state index is 11.0. The topological polar surface area (TPSA) is 65.9 Å². The number of aromatic nitrogens is 1. The molecule has 0 atom stereocenters. The van der Waals surface area contributed by atoms with E-state index in [0.29, 0.717) is 24.9 Å². The number of benzene rings is 2. The van der Waals surface area contributed by atoms with E-state index in [2.05, 4.69) is 48.0 Å². The molecule has 0 radical (unpaired) electrons. The van der Waals surface area contributed by atoms with Gasteiger partial charge in [-0.15, -0.1) is 0 Å². The summed E-state index contributed by atoms with van der Waals surface area (Å²) in [5.41, 5.74) is 3.38. The third-order valence-electron chi connectivity index (χ3n) is 5.55. The number of rotatable bonds is 5. The third-order valence-corrected chi connectivity index (χ3v) is 5.55. The highest BCUT2D eigenvalue weighted by molar-refractivity contribution is 5.79. The number of ether oxygens (including phenoxy) is 1. The number of nitrogens with zero attached hydrogens (tertiary/aromatic N) is 3. The van der Waals surface area contributed by atoms with Gasteiger partial charge < -0.3 is 14.7 Å². The van der Waals surface area contributed by atoms with E-state index in [1.54, 1.807) is 0 Å². The first-order valence-electron chi connectivity index (χ1n) is 10.4. The minimum Gasteiger partial charge on any atom is -0.465 e. The van der Waals surface area contributed by atoms with Gasteiger partial charge in [0.05, 0.1) is 5.52 Å². The van der Waals surface area contributed by atoms with Crippen LogP contribution in [0.4, 0.5) is 4.79 Å². The first-order chi connectivity index (χ1) is 14.5. The summed E-state index contributed by atoms with van der Waals surface area (Å²) >= 11 is 0. The molecule has 0 aliphatic carbocycles. The van der Waals surface area contributed by atoms with E-state index in [9.17, 15) is 4.79 Å². The van der Waals surface area contributed by atoms with Gasteiger partial charge in [0, 0.05) is 44.2 Å². The molecule has 0 bridgehead atoms. The molecule has 6 nitrogen and oxygen atoms in total. The predicted octanol–water partition coefficient (Wildman–Crippen LogP) is 4.95. The zero-order chi connectivity index (χ0) is 21.1. The van der Waals surface area contributed by atoms with Crippen LogP contribution in [-0.4, -0.2) is 52.2 Å². The summed E-state index contributed by atoms with van der Waals surface area (Å²) in [6.45, 7) is 7.78. The fourth-order valence-corrected chi connectivity index (χ4v) is 3.71. The normalized spacial score (nSPS) is 15.0. The SMILES string of the molecule is CC(C)c1ccc(Oc2ccc3cc(CN4CCN(C(=O)O)CC4)ccc3n2)cc1. The molecule has 6 heteroatoms. The standard InChI is InChI=1S/C24H27N3O3/c1-17(2)19-4-7-21(8-5-19)30-23-10-6-20-15-18(3-9-22(20)25-23)16-26-11-13-27(14-12-26)24(28)29/h3-10,15,17H,11-14,16H2,1-2H3,(H,28,29). The van der Waals surface area contributed by atoms with Gasteiger partial charge in [-0.1, -0.05) is 32.0 Å². The van der Waals surface area contributed by atoms with Crippen LogP contribution in [0, 0.1) is 0 Å². The van der Waals surface area contributed by atoms with E-state index in [-0.39, 0.29) is 0 Å². The second kappa shape index (κ2) is 8.71. The average Bonchev–Trinajstić information content (AvgIpc) is 2.74. The van der Waals surface area contributed by atoms with Crippen molar-refractivity contribution in [2.45, 2.75) is 26.3 Å². The molecule has 1 aromatic heterocycles. The van der Waals surface area contributed by atoms with Crippen molar-refractivity contribution in [3.8, 4) is 11.6 Å². The summed E-state index contributed by atoms with van der Waals surface area (Å²) in [6, 6.07) is 18.3. The van der Waals surface area contributed by atoms with Gasteiger partial charge in [0.1, 0.15) is 5.75 Å². The van der Waals surface area contributed by atoms with Crippen molar-refractivity contribution >= 4 is 17.0 Å². The van der Waals surface area contributed by atoms with Crippen LogP contribution in [-0.2, 0) is 6.54 Å². The van der Waals surface area contributed by atoms with Gasteiger partial charge in [-0.2, -0.15) is 0 Å². The van der Waals surface area contributed by atoms with E-state index in [0.717, 1.165) is 36.3 Å². The van der Waals surface area contributed by atoms with Gasteiger partial charge in [-0.3, -0.25) is 4.90 Å².